The van der Waals surface area contributed by atoms with Crippen molar-refractivity contribution in [2.24, 2.45) is 0 Å². The fourth-order valence-corrected chi connectivity index (χ4v) is 2.56. The molecule has 0 unspecified atom stereocenters. The highest BCUT2D eigenvalue weighted by molar-refractivity contribution is 5.70. The molecule has 0 amide bonds. The van der Waals surface area contributed by atoms with Crippen molar-refractivity contribution in [1.82, 2.24) is 15.0 Å². The van der Waals surface area contributed by atoms with Gasteiger partial charge >= 0.3 is 0 Å². The highest BCUT2D eigenvalue weighted by atomic mass is 16.6. The van der Waals surface area contributed by atoms with Crippen molar-refractivity contribution in [2.45, 2.75) is 0 Å². The van der Waals surface area contributed by atoms with Crippen molar-refractivity contribution in [3.8, 4) is 34.2 Å². The Morgan fingerprint density at radius 2 is 1.69 bits per heavy atom. The summed E-state index contributed by atoms with van der Waals surface area (Å²) in [5.41, 5.74) is 1.34. The number of nitrogens with zero attached hydrogens (tertiary/aromatic N) is 4. The van der Waals surface area contributed by atoms with Crippen LogP contribution in [-0.2, 0) is 0 Å². The third-order valence-electron chi connectivity index (χ3n) is 3.78. The monoisotopic (exact) mass is 356 g/mol. The molecule has 0 N–H and O–H groups in total. The van der Waals surface area contributed by atoms with E-state index in [0.717, 1.165) is 0 Å². The third-order valence-corrected chi connectivity index (χ3v) is 3.78. The average Bonchev–Trinajstić information content (AvgIpc) is 3.16. The molecule has 3 rings (SSSR count). The van der Waals surface area contributed by atoms with E-state index < -0.39 is 4.92 Å². The van der Waals surface area contributed by atoms with Gasteiger partial charge in [-0.25, -0.2) is 4.68 Å². The standard InChI is InChI=1S/C17H16N4O5/c1-24-15-8-11(9-16(25-2)17(15)26-3)20-10-13(18-19-20)12-6-4-5-7-14(12)21(22)23/h4-10H,1-3H3. The van der Waals surface area contributed by atoms with E-state index in [9.17, 15) is 10.1 Å². The van der Waals surface area contributed by atoms with Crippen LogP contribution in [0.1, 0.15) is 0 Å². The number of ether oxygens (including phenoxy) is 3. The van der Waals surface area contributed by atoms with Crippen LogP contribution in [0.4, 0.5) is 5.69 Å². The Morgan fingerprint density at radius 1 is 1.04 bits per heavy atom. The van der Waals surface area contributed by atoms with Gasteiger partial charge in [0, 0.05) is 18.2 Å². The lowest BCUT2D eigenvalue weighted by molar-refractivity contribution is -0.384. The quantitative estimate of drug-likeness (QED) is 0.494. The molecule has 0 spiro atoms. The van der Waals surface area contributed by atoms with Gasteiger partial charge in [0.05, 0.1) is 43.7 Å². The van der Waals surface area contributed by atoms with E-state index >= 15 is 0 Å². The summed E-state index contributed by atoms with van der Waals surface area (Å²) in [6.45, 7) is 0. The molecular formula is C17H16N4O5. The largest absolute Gasteiger partial charge is 0.493 e. The molecule has 3 aromatic rings. The van der Waals surface area contributed by atoms with E-state index in [1.807, 2.05) is 0 Å². The molecule has 9 nitrogen and oxygen atoms in total. The van der Waals surface area contributed by atoms with E-state index in [0.29, 0.717) is 34.2 Å². The molecule has 26 heavy (non-hydrogen) atoms. The SMILES string of the molecule is COc1cc(-n2cc(-c3ccccc3[N+](=O)[O-])nn2)cc(OC)c1OC. The highest BCUT2D eigenvalue weighted by Gasteiger charge is 2.19. The molecule has 9 heteroatoms. The van der Waals surface area contributed by atoms with Crippen molar-refractivity contribution in [2.75, 3.05) is 21.3 Å². The second-order valence-corrected chi connectivity index (χ2v) is 5.21. The van der Waals surface area contributed by atoms with Gasteiger partial charge in [0.15, 0.2) is 11.5 Å². The molecule has 1 aromatic heterocycles. The van der Waals surface area contributed by atoms with Crippen molar-refractivity contribution in [3.05, 3.63) is 52.7 Å². The van der Waals surface area contributed by atoms with Gasteiger partial charge in [0.2, 0.25) is 5.75 Å². The Hall–Kier alpha value is -3.62. The zero-order valence-corrected chi connectivity index (χ0v) is 14.4. The van der Waals surface area contributed by atoms with Gasteiger partial charge in [0.25, 0.3) is 5.69 Å². The summed E-state index contributed by atoms with van der Waals surface area (Å²) in [7, 11) is 4.55. The predicted molar refractivity (Wildman–Crippen MR) is 93.1 cm³/mol. The van der Waals surface area contributed by atoms with Gasteiger partial charge in [-0.3, -0.25) is 10.1 Å². The molecule has 0 saturated carbocycles. The second kappa shape index (κ2) is 7.09. The summed E-state index contributed by atoms with van der Waals surface area (Å²) in [4.78, 5) is 10.8. The first-order valence-corrected chi connectivity index (χ1v) is 7.55. The second-order valence-electron chi connectivity index (χ2n) is 5.21. The summed E-state index contributed by atoms with van der Waals surface area (Å²) >= 11 is 0. The minimum Gasteiger partial charge on any atom is -0.493 e. The normalized spacial score (nSPS) is 10.4. The summed E-state index contributed by atoms with van der Waals surface area (Å²) < 4.78 is 17.4. The molecule has 0 saturated heterocycles. The molecule has 0 fully saturated rings. The van der Waals surface area contributed by atoms with Crippen LogP contribution >= 0.6 is 0 Å². The molecule has 0 aliphatic carbocycles. The molecule has 0 bridgehead atoms. The van der Waals surface area contributed by atoms with Crippen LogP contribution in [0.3, 0.4) is 0 Å². The third kappa shape index (κ3) is 3.02. The number of para-hydroxylation sites is 1. The van der Waals surface area contributed by atoms with E-state index in [-0.39, 0.29) is 5.69 Å². The number of methoxy groups -OCH3 is 3. The minimum absolute atomic E-state index is 0.0376. The average molecular weight is 356 g/mol. The maximum atomic E-state index is 11.2. The molecule has 0 aliphatic rings. The lowest BCUT2D eigenvalue weighted by atomic mass is 10.1. The van der Waals surface area contributed by atoms with Gasteiger partial charge in [-0.1, -0.05) is 17.3 Å². The number of hydrogen-bond donors (Lipinski definition) is 0. The lowest BCUT2D eigenvalue weighted by Crippen LogP contribution is -2.00. The Kier molecular flexibility index (Phi) is 4.70. The zero-order chi connectivity index (χ0) is 18.7. The van der Waals surface area contributed by atoms with Crippen molar-refractivity contribution in [1.29, 1.82) is 0 Å². The zero-order valence-electron chi connectivity index (χ0n) is 14.4. The molecule has 1 heterocycles. The first-order chi connectivity index (χ1) is 12.6. The Balaban J connectivity index is 2.08. The van der Waals surface area contributed by atoms with Gasteiger partial charge < -0.3 is 14.2 Å². The number of rotatable bonds is 6. The molecule has 2 aromatic carbocycles. The number of hydrogen-bond acceptors (Lipinski definition) is 7. The van der Waals surface area contributed by atoms with Gasteiger partial charge in [-0.15, -0.1) is 5.10 Å². The number of nitro groups is 1. The van der Waals surface area contributed by atoms with Crippen LogP contribution in [-0.4, -0.2) is 41.2 Å². The van der Waals surface area contributed by atoms with Crippen molar-refractivity contribution < 1.29 is 19.1 Å². The fourth-order valence-electron chi connectivity index (χ4n) is 2.56. The van der Waals surface area contributed by atoms with Gasteiger partial charge in [-0.2, -0.15) is 0 Å². The van der Waals surface area contributed by atoms with Gasteiger partial charge in [-0.05, 0) is 6.07 Å². The van der Waals surface area contributed by atoms with E-state index in [4.69, 9.17) is 14.2 Å². The fraction of sp³-hybridized carbons (Fsp3) is 0.176. The molecular weight excluding hydrogens is 340 g/mol. The molecule has 0 aliphatic heterocycles. The lowest BCUT2D eigenvalue weighted by Gasteiger charge is -2.13. The van der Waals surface area contributed by atoms with E-state index in [1.165, 1.54) is 32.1 Å². The Morgan fingerprint density at radius 3 is 2.27 bits per heavy atom. The van der Waals surface area contributed by atoms with Crippen LogP contribution in [0.5, 0.6) is 17.2 Å². The van der Waals surface area contributed by atoms with Gasteiger partial charge in [0.1, 0.15) is 5.69 Å². The maximum Gasteiger partial charge on any atom is 0.278 e. The van der Waals surface area contributed by atoms with Crippen LogP contribution in [0.15, 0.2) is 42.6 Å². The highest BCUT2D eigenvalue weighted by Crippen LogP contribution is 2.39. The summed E-state index contributed by atoms with van der Waals surface area (Å²) in [6.07, 6.45) is 1.60. The molecule has 134 valence electrons. The van der Waals surface area contributed by atoms with Crippen molar-refractivity contribution in [3.63, 3.8) is 0 Å². The Bertz CT molecular complexity index is 929. The summed E-state index contributed by atoms with van der Waals surface area (Å²) in [5, 5.41) is 19.3. The number of nitro benzene ring substituents is 1. The van der Waals surface area contributed by atoms with Crippen molar-refractivity contribution >= 4 is 5.69 Å². The number of aromatic nitrogens is 3. The predicted octanol–water partition coefficient (Wildman–Crippen LogP) is 2.87. The summed E-state index contributed by atoms with van der Waals surface area (Å²) in [6, 6.07) is 9.78. The Labute approximate surface area is 148 Å². The van der Waals surface area contributed by atoms with Crippen LogP contribution in [0.25, 0.3) is 16.9 Å². The first kappa shape index (κ1) is 17.2. The molecule has 0 radical (unpaired) electrons. The van der Waals surface area contributed by atoms with Crippen LogP contribution in [0, 0.1) is 10.1 Å². The van der Waals surface area contributed by atoms with E-state index in [2.05, 4.69) is 10.3 Å². The molecule has 0 atom stereocenters. The minimum atomic E-state index is -0.451. The first-order valence-electron chi connectivity index (χ1n) is 7.55. The number of benzene rings is 2. The van der Waals surface area contributed by atoms with E-state index in [1.54, 1.807) is 36.5 Å². The topological polar surface area (TPSA) is 102 Å². The maximum absolute atomic E-state index is 11.2. The smallest absolute Gasteiger partial charge is 0.278 e. The van der Waals surface area contributed by atoms with Crippen LogP contribution in [0.2, 0.25) is 0 Å². The van der Waals surface area contributed by atoms with Crippen LogP contribution < -0.4 is 14.2 Å². The summed E-state index contributed by atoms with van der Waals surface area (Å²) in [5.74, 6) is 1.38.